The number of nitrogens with one attached hydrogen (secondary N) is 2. The molecule has 3 rings (SSSR count). The second-order valence-corrected chi connectivity index (χ2v) is 5.98. The zero-order valence-electron chi connectivity index (χ0n) is 10.8. The summed E-state index contributed by atoms with van der Waals surface area (Å²) in [5.74, 6) is 1.87. The van der Waals surface area contributed by atoms with E-state index in [-0.39, 0.29) is 0 Å². The molecule has 2 N–H and O–H groups in total. The van der Waals surface area contributed by atoms with Crippen molar-refractivity contribution in [3.8, 4) is 11.3 Å². The average Bonchev–Trinajstić information content (AvgIpc) is 2.89. The van der Waals surface area contributed by atoms with Crippen molar-refractivity contribution in [1.82, 2.24) is 15.3 Å². The van der Waals surface area contributed by atoms with Gasteiger partial charge in [0.15, 0.2) is 0 Å². The van der Waals surface area contributed by atoms with Gasteiger partial charge in [-0.1, -0.05) is 34.1 Å². The second-order valence-electron chi connectivity index (χ2n) is 5.12. The van der Waals surface area contributed by atoms with E-state index < -0.39 is 0 Å². The minimum Gasteiger partial charge on any atom is -0.342 e. The van der Waals surface area contributed by atoms with Crippen molar-refractivity contribution in [2.24, 2.45) is 5.92 Å². The molecule has 1 aromatic heterocycles. The Balaban J connectivity index is 1.74. The number of aromatic nitrogens is 2. The van der Waals surface area contributed by atoms with E-state index in [0.29, 0.717) is 0 Å². The summed E-state index contributed by atoms with van der Waals surface area (Å²) in [6, 6.07) is 8.24. The molecule has 2 aromatic rings. The van der Waals surface area contributed by atoms with Crippen LogP contribution in [0.25, 0.3) is 11.3 Å². The van der Waals surface area contributed by atoms with Crippen LogP contribution in [-0.2, 0) is 6.42 Å². The molecule has 2 heterocycles. The third-order valence-corrected chi connectivity index (χ3v) is 4.42. The molecule has 1 fully saturated rings. The van der Waals surface area contributed by atoms with E-state index in [0.717, 1.165) is 41.4 Å². The zero-order valence-corrected chi connectivity index (χ0v) is 12.4. The number of piperidine rings is 1. The fourth-order valence-corrected chi connectivity index (χ4v) is 3.14. The van der Waals surface area contributed by atoms with Gasteiger partial charge in [-0.05, 0) is 37.9 Å². The predicted molar refractivity (Wildman–Crippen MR) is 81.0 cm³/mol. The van der Waals surface area contributed by atoms with E-state index in [1.807, 2.05) is 18.3 Å². The first kappa shape index (κ1) is 12.9. The lowest BCUT2D eigenvalue weighted by molar-refractivity contribution is 0.368. The summed E-state index contributed by atoms with van der Waals surface area (Å²) in [5, 5.41) is 3.40. The highest BCUT2D eigenvalue weighted by molar-refractivity contribution is 9.10. The normalized spacial score (nSPS) is 16.7. The van der Waals surface area contributed by atoms with E-state index in [9.17, 15) is 0 Å². The number of imidazole rings is 1. The Labute approximate surface area is 122 Å². The molecule has 0 amide bonds. The van der Waals surface area contributed by atoms with Crippen molar-refractivity contribution in [2.45, 2.75) is 19.3 Å². The van der Waals surface area contributed by atoms with Crippen LogP contribution in [0.1, 0.15) is 18.7 Å². The molecule has 0 unspecified atom stereocenters. The third kappa shape index (κ3) is 3.07. The van der Waals surface area contributed by atoms with Gasteiger partial charge in [0.05, 0.1) is 11.9 Å². The van der Waals surface area contributed by atoms with Crippen molar-refractivity contribution in [2.75, 3.05) is 13.1 Å². The van der Waals surface area contributed by atoms with E-state index in [4.69, 9.17) is 0 Å². The Morgan fingerprint density at radius 1 is 1.21 bits per heavy atom. The van der Waals surface area contributed by atoms with Crippen LogP contribution in [0, 0.1) is 5.92 Å². The maximum atomic E-state index is 4.53. The fourth-order valence-electron chi connectivity index (χ4n) is 2.64. The Kier molecular flexibility index (Phi) is 3.99. The van der Waals surface area contributed by atoms with Gasteiger partial charge in [0, 0.05) is 16.5 Å². The van der Waals surface area contributed by atoms with E-state index in [1.165, 1.54) is 18.4 Å². The van der Waals surface area contributed by atoms with E-state index in [1.54, 1.807) is 0 Å². The lowest BCUT2D eigenvalue weighted by atomic mass is 9.94. The number of hydrogen-bond acceptors (Lipinski definition) is 2. The first-order valence-corrected chi connectivity index (χ1v) is 7.62. The smallest absolute Gasteiger partial charge is 0.106 e. The monoisotopic (exact) mass is 319 g/mol. The van der Waals surface area contributed by atoms with Gasteiger partial charge in [-0.3, -0.25) is 0 Å². The van der Waals surface area contributed by atoms with Gasteiger partial charge >= 0.3 is 0 Å². The molecular weight excluding hydrogens is 302 g/mol. The zero-order chi connectivity index (χ0) is 13.1. The van der Waals surface area contributed by atoms with Crippen LogP contribution >= 0.6 is 15.9 Å². The quantitative estimate of drug-likeness (QED) is 0.910. The summed E-state index contributed by atoms with van der Waals surface area (Å²) in [7, 11) is 0. The van der Waals surface area contributed by atoms with Gasteiger partial charge in [0.1, 0.15) is 5.82 Å². The van der Waals surface area contributed by atoms with Gasteiger partial charge in [-0.25, -0.2) is 4.98 Å². The first-order chi connectivity index (χ1) is 9.33. The summed E-state index contributed by atoms with van der Waals surface area (Å²) < 4.78 is 1.10. The minimum atomic E-state index is 0.763. The summed E-state index contributed by atoms with van der Waals surface area (Å²) in [5.41, 5.74) is 2.27. The van der Waals surface area contributed by atoms with E-state index in [2.05, 4.69) is 43.3 Å². The number of benzene rings is 1. The fraction of sp³-hybridized carbons (Fsp3) is 0.400. The minimum absolute atomic E-state index is 0.763. The number of H-pyrrole nitrogens is 1. The number of hydrogen-bond donors (Lipinski definition) is 2. The summed E-state index contributed by atoms with van der Waals surface area (Å²) in [6.45, 7) is 2.28. The van der Waals surface area contributed by atoms with Crippen LogP contribution in [0.4, 0.5) is 0 Å². The molecule has 1 aliphatic rings. The van der Waals surface area contributed by atoms with Gasteiger partial charge < -0.3 is 10.3 Å². The molecular formula is C15H18BrN3. The maximum Gasteiger partial charge on any atom is 0.106 e. The summed E-state index contributed by atoms with van der Waals surface area (Å²) >= 11 is 3.58. The Morgan fingerprint density at radius 3 is 2.79 bits per heavy atom. The predicted octanol–water partition coefficient (Wildman–Crippen LogP) is 3.38. The molecule has 0 saturated carbocycles. The number of rotatable bonds is 3. The molecule has 0 atom stereocenters. The molecule has 3 nitrogen and oxygen atoms in total. The topological polar surface area (TPSA) is 40.7 Å². The van der Waals surface area contributed by atoms with Crippen LogP contribution in [0.5, 0.6) is 0 Å². The summed E-state index contributed by atoms with van der Waals surface area (Å²) in [6.07, 6.45) is 5.51. The summed E-state index contributed by atoms with van der Waals surface area (Å²) in [4.78, 5) is 7.99. The van der Waals surface area contributed by atoms with Crippen LogP contribution < -0.4 is 5.32 Å². The van der Waals surface area contributed by atoms with Crippen molar-refractivity contribution in [1.29, 1.82) is 0 Å². The molecule has 1 aromatic carbocycles. The lowest BCUT2D eigenvalue weighted by Gasteiger charge is -2.21. The maximum absolute atomic E-state index is 4.53. The van der Waals surface area contributed by atoms with Gasteiger partial charge in [0.2, 0.25) is 0 Å². The van der Waals surface area contributed by atoms with E-state index >= 15 is 0 Å². The van der Waals surface area contributed by atoms with Gasteiger partial charge in [0.25, 0.3) is 0 Å². The number of halogens is 1. The molecule has 100 valence electrons. The van der Waals surface area contributed by atoms with Crippen molar-refractivity contribution in [3.05, 3.63) is 40.8 Å². The lowest BCUT2D eigenvalue weighted by Crippen LogP contribution is -2.28. The third-order valence-electron chi connectivity index (χ3n) is 3.73. The molecule has 0 bridgehead atoms. The largest absolute Gasteiger partial charge is 0.342 e. The van der Waals surface area contributed by atoms with Crippen LogP contribution in [0.3, 0.4) is 0 Å². The average molecular weight is 320 g/mol. The highest BCUT2D eigenvalue weighted by atomic mass is 79.9. The van der Waals surface area contributed by atoms with Crippen LogP contribution in [0.2, 0.25) is 0 Å². The standard InChI is InChI=1S/C15H18BrN3/c16-13-4-2-1-3-12(13)14-10-18-15(19-14)9-11-5-7-17-8-6-11/h1-4,10-11,17H,5-9H2,(H,18,19). The molecule has 4 heteroatoms. The highest BCUT2D eigenvalue weighted by Gasteiger charge is 2.15. The van der Waals surface area contributed by atoms with Crippen molar-refractivity contribution in [3.63, 3.8) is 0 Å². The molecule has 0 spiro atoms. The van der Waals surface area contributed by atoms with Gasteiger partial charge in [-0.15, -0.1) is 0 Å². The van der Waals surface area contributed by atoms with Crippen LogP contribution in [0.15, 0.2) is 34.9 Å². The highest BCUT2D eigenvalue weighted by Crippen LogP contribution is 2.27. The second kappa shape index (κ2) is 5.88. The SMILES string of the molecule is Brc1ccccc1-c1cnc(CC2CCNCC2)[nH]1. The molecule has 1 saturated heterocycles. The number of aromatic amines is 1. The Hall–Kier alpha value is -1.13. The molecule has 1 aliphatic heterocycles. The Bertz CT molecular complexity index is 544. The van der Waals surface area contributed by atoms with Crippen molar-refractivity contribution < 1.29 is 0 Å². The van der Waals surface area contributed by atoms with Crippen LogP contribution in [-0.4, -0.2) is 23.1 Å². The Morgan fingerprint density at radius 2 is 2.00 bits per heavy atom. The van der Waals surface area contributed by atoms with Crippen molar-refractivity contribution >= 4 is 15.9 Å². The molecule has 0 aliphatic carbocycles. The molecule has 0 radical (unpaired) electrons. The molecule has 19 heavy (non-hydrogen) atoms. The number of nitrogens with zero attached hydrogens (tertiary/aromatic N) is 1. The van der Waals surface area contributed by atoms with Gasteiger partial charge in [-0.2, -0.15) is 0 Å². The first-order valence-electron chi connectivity index (χ1n) is 6.82.